The molecule has 3 heterocycles. The molecule has 3 aromatic rings. The highest BCUT2D eigenvalue weighted by Gasteiger charge is 2.40. The molecule has 0 radical (unpaired) electrons. The van der Waals surface area contributed by atoms with Gasteiger partial charge < -0.3 is 20.3 Å². The number of nitrogens with two attached hydrogens (primary N) is 1. The summed E-state index contributed by atoms with van der Waals surface area (Å²) in [6.45, 7) is 4.74. The van der Waals surface area contributed by atoms with E-state index in [1.165, 1.54) is 17.7 Å². The third-order valence-corrected chi connectivity index (χ3v) is 6.93. The summed E-state index contributed by atoms with van der Waals surface area (Å²) in [4.78, 5) is 38.3. The smallest absolute Gasteiger partial charge is 0.261 e. The number of aromatic nitrogens is 2. The molecule has 1 saturated heterocycles. The number of anilines is 1. The number of hydrogen-bond donors (Lipinski definition) is 1. The Kier molecular flexibility index (Phi) is 6.99. The van der Waals surface area contributed by atoms with E-state index in [-0.39, 0.29) is 24.5 Å². The van der Waals surface area contributed by atoms with Crippen LogP contribution in [-0.2, 0) is 16.1 Å². The van der Waals surface area contributed by atoms with Gasteiger partial charge in [0.15, 0.2) is 11.7 Å². The maximum absolute atomic E-state index is 13.5. The Balaban J connectivity index is 1.49. The molecule has 1 fully saturated rings. The SMILES string of the molecule is CCC[C@H]1C(=O)N(Cc2ccc3c(N)ncnc3c2)[C@@H](C)CN1C(=O)COc1ccc(Cl)s1. The zero-order valence-electron chi connectivity index (χ0n) is 18.5. The fourth-order valence-corrected chi connectivity index (χ4v) is 5.00. The van der Waals surface area contributed by atoms with Gasteiger partial charge in [-0.05, 0) is 43.2 Å². The average Bonchev–Trinajstić information content (AvgIpc) is 3.22. The molecule has 2 amide bonds. The molecule has 0 spiro atoms. The molecule has 1 aliphatic rings. The van der Waals surface area contributed by atoms with Gasteiger partial charge in [-0.2, -0.15) is 0 Å². The van der Waals surface area contributed by atoms with Crippen molar-refractivity contribution in [2.45, 2.75) is 45.3 Å². The van der Waals surface area contributed by atoms with E-state index in [4.69, 9.17) is 22.1 Å². The molecule has 33 heavy (non-hydrogen) atoms. The zero-order chi connectivity index (χ0) is 23.5. The molecule has 2 N–H and O–H groups in total. The van der Waals surface area contributed by atoms with Crippen molar-refractivity contribution in [1.82, 2.24) is 19.8 Å². The molecule has 1 aromatic carbocycles. The van der Waals surface area contributed by atoms with Crippen molar-refractivity contribution >= 4 is 51.5 Å². The summed E-state index contributed by atoms with van der Waals surface area (Å²) in [7, 11) is 0. The highest BCUT2D eigenvalue weighted by molar-refractivity contribution is 7.17. The number of carbonyl (C=O) groups is 2. The molecule has 1 aliphatic heterocycles. The lowest BCUT2D eigenvalue weighted by Crippen LogP contribution is -2.62. The number of nitrogens with zero attached hydrogens (tertiary/aromatic N) is 4. The first kappa shape index (κ1) is 23.3. The number of amides is 2. The summed E-state index contributed by atoms with van der Waals surface area (Å²) < 4.78 is 6.21. The van der Waals surface area contributed by atoms with Crippen molar-refractivity contribution in [3.63, 3.8) is 0 Å². The van der Waals surface area contributed by atoms with Crippen LogP contribution >= 0.6 is 22.9 Å². The van der Waals surface area contributed by atoms with Gasteiger partial charge in [-0.3, -0.25) is 9.59 Å². The van der Waals surface area contributed by atoms with Crippen molar-refractivity contribution in [2.75, 3.05) is 18.9 Å². The number of fused-ring (bicyclic) bond motifs is 1. The van der Waals surface area contributed by atoms with Gasteiger partial charge in [-0.1, -0.05) is 42.3 Å². The molecule has 174 valence electrons. The first-order valence-corrected chi connectivity index (χ1v) is 12.0. The minimum Gasteiger partial charge on any atom is -0.474 e. The molecule has 0 unspecified atom stereocenters. The first-order valence-electron chi connectivity index (χ1n) is 10.8. The average molecular weight is 488 g/mol. The molecule has 0 aliphatic carbocycles. The number of nitrogen functional groups attached to an aromatic ring is 1. The van der Waals surface area contributed by atoms with Gasteiger partial charge in [0.25, 0.3) is 5.91 Å². The van der Waals surface area contributed by atoms with E-state index < -0.39 is 6.04 Å². The second-order valence-corrected chi connectivity index (χ2v) is 9.80. The van der Waals surface area contributed by atoms with Crippen LogP contribution in [0.1, 0.15) is 32.3 Å². The van der Waals surface area contributed by atoms with Crippen LogP contribution in [0.4, 0.5) is 5.82 Å². The Labute approximate surface area is 201 Å². The largest absolute Gasteiger partial charge is 0.474 e. The van der Waals surface area contributed by atoms with Gasteiger partial charge in [-0.25, -0.2) is 9.97 Å². The van der Waals surface area contributed by atoms with Crippen LogP contribution in [0.25, 0.3) is 10.9 Å². The van der Waals surface area contributed by atoms with Gasteiger partial charge in [-0.15, -0.1) is 0 Å². The summed E-state index contributed by atoms with van der Waals surface area (Å²) in [5.74, 6) is 0.180. The zero-order valence-corrected chi connectivity index (χ0v) is 20.1. The predicted molar refractivity (Wildman–Crippen MR) is 129 cm³/mol. The van der Waals surface area contributed by atoms with E-state index in [1.54, 1.807) is 17.0 Å². The van der Waals surface area contributed by atoms with Crippen molar-refractivity contribution in [3.8, 4) is 5.06 Å². The van der Waals surface area contributed by atoms with Crippen LogP contribution in [0.15, 0.2) is 36.7 Å². The highest BCUT2D eigenvalue weighted by atomic mass is 35.5. The maximum Gasteiger partial charge on any atom is 0.261 e. The van der Waals surface area contributed by atoms with Crippen LogP contribution in [0.5, 0.6) is 5.06 Å². The predicted octanol–water partition coefficient (Wildman–Crippen LogP) is 3.73. The molecule has 0 bridgehead atoms. The van der Waals surface area contributed by atoms with E-state index in [2.05, 4.69) is 9.97 Å². The van der Waals surface area contributed by atoms with Crippen LogP contribution < -0.4 is 10.5 Å². The maximum atomic E-state index is 13.5. The molecule has 4 rings (SSSR count). The first-order chi connectivity index (χ1) is 15.9. The Morgan fingerprint density at radius 2 is 2.12 bits per heavy atom. The summed E-state index contributed by atoms with van der Waals surface area (Å²) in [6.07, 6.45) is 2.82. The topological polar surface area (TPSA) is 102 Å². The van der Waals surface area contributed by atoms with Crippen LogP contribution in [0.3, 0.4) is 0 Å². The molecular formula is C23H26ClN5O3S. The lowest BCUT2D eigenvalue weighted by Gasteiger charge is -2.44. The number of piperazine rings is 1. The lowest BCUT2D eigenvalue weighted by atomic mass is 10.0. The molecule has 10 heteroatoms. The minimum absolute atomic E-state index is 0.0505. The van der Waals surface area contributed by atoms with Gasteiger partial charge in [0.05, 0.1) is 9.85 Å². The number of thiophene rings is 1. The Bertz CT molecular complexity index is 1170. The van der Waals surface area contributed by atoms with Crippen molar-refractivity contribution in [2.24, 2.45) is 0 Å². The van der Waals surface area contributed by atoms with Crippen LogP contribution in [-0.4, -0.2) is 56.8 Å². The van der Waals surface area contributed by atoms with Crippen LogP contribution in [0.2, 0.25) is 4.34 Å². The summed E-state index contributed by atoms with van der Waals surface area (Å²) in [6, 6.07) is 8.56. The number of carbonyl (C=O) groups excluding carboxylic acids is 2. The molecule has 2 atom stereocenters. The minimum atomic E-state index is -0.507. The third kappa shape index (κ3) is 5.04. The van der Waals surface area contributed by atoms with E-state index in [9.17, 15) is 9.59 Å². The van der Waals surface area contributed by atoms with Gasteiger partial charge in [0.2, 0.25) is 5.91 Å². The van der Waals surface area contributed by atoms with Gasteiger partial charge in [0, 0.05) is 24.5 Å². The fourth-order valence-electron chi connectivity index (χ4n) is 4.12. The van der Waals surface area contributed by atoms with Crippen molar-refractivity contribution < 1.29 is 14.3 Å². The molecular weight excluding hydrogens is 462 g/mol. The lowest BCUT2D eigenvalue weighted by molar-refractivity contribution is -0.156. The van der Waals surface area contributed by atoms with Crippen molar-refractivity contribution in [3.05, 3.63) is 46.6 Å². The standard InChI is InChI=1S/C23H26ClN5O3S/c1-3-4-18-23(31)28(11-15-5-6-16-17(9-15)26-13-27-22(16)25)14(2)10-29(18)20(30)12-32-21-8-7-19(24)33-21/h5-9,13-14,18H,3-4,10-12H2,1-2H3,(H2,25,26,27)/t14-,18-/m0/s1. The van der Waals surface area contributed by atoms with E-state index in [1.807, 2.05) is 36.9 Å². The van der Waals surface area contributed by atoms with E-state index in [0.717, 1.165) is 22.9 Å². The summed E-state index contributed by atoms with van der Waals surface area (Å²) in [5, 5.41) is 1.37. The Hall–Kier alpha value is -2.91. The summed E-state index contributed by atoms with van der Waals surface area (Å²) >= 11 is 7.20. The number of ether oxygens (including phenoxy) is 1. The second kappa shape index (κ2) is 9.93. The second-order valence-electron chi connectivity index (χ2n) is 8.12. The highest BCUT2D eigenvalue weighted by Crippen LogP contribution is 2.29. The molecule has 8 nitrogen and oxygen atoms in total. The van der Waals surface area contributed by atoms with Gasteiger partial charge >= 0.3 is 0 Å². The van der Waals surface area contributed by atoms with E-state index in [0.29, 0.717) is 34.7 Å². The fraction of sp³-hybridized carbons (Fsp3) is 0.391. The number of benzene rings is 1. The quantitative estimate of drug-likeness (QED) is 0.544. The van der Waals surface area contributed by atoms with Crippen LogP contribution in [0, 0.1) is 0 Å². The third-order valence-electron chi connectivity index (χ3n) is 5.79. The molecule has 0 saturated carbocycles. The number of halogens is 1. The molecule has 2 aromatic heterocycles. The Morgan fingerprint density at radius 3 is 2.85 bits per heavy atom. The Morgan fingerprint density at radius 1 is 1.30 bits per heavy atom. The number of hydrogen-bond acceptors (Lipinski definition) is 7. The van der Waals surface area contributed by atoms with E-state index >= 15 is 0 Å². The monoisotopic (exact) mass is 487 g/mol. The van der Waals surface area contributed by atoms with Gasteiger partial charge in [0.1, 0.15) is 18.2 Å². The summed E-state index contributed by atoms with van der Waals surface area (Å²) in [5.41, 5.74) is 7.62. The number of rotatable bonds is 7. The normalized spacial score (nSPS) is 18.7. The van der Waals surface area contributed by atoms with Crippen molar-refractivity contribution in [1.29, 1.82) is 0 Å².